The summed E-state index contributed by atoms with van der Waals surface area (Å²) in [5, 5.41) is 0. The molecule has 1 amide bonds. The smallest absolute Gasteiger partial charge is 0.411 e. The van der Waals surface area contributed by atoms with Crippen LogP contribution in [0.3, 0.4) is 0 Å². The first-order valence-electron chi connectivity index (χ1n) is 11.6. The fourth-order valence-electron chi connectivity index (χ4n) is 3.50. The van der Waals surface area contributed by atoms with Gasteiger partial charge in [-0.2, -0.15) is 0 Å². The number of esters is 2. The van der Waals surface area contributed by atoms with Crippen molar-refractivity contribution in [2.24, 2.45) is 0 Å². The molecule has 3 rings (SSSR count). The van der Waals surface area contributed by atoms with Crippen molar-refractivity contribution in [1.82, 2.24) is 4.90 Å². The van der Waals surface area contributed by atoms with Gasteiger partial charge in [-0.05, 0) is 77.9 Å². The van der Waals surface area contributed by atoms with Crippen molar-refractivity contribution in [2.75, 3.05) is 6.54 Å². The third-order valence-electron chi connectivity index (χ3n) is 4.91. The van der Waals surface area contributed by atoms with Crippen LogP contribution in [0.2, 0.25) is 0 Å². The standard InChI is InChI=1S/C27H33NO7/c1-26(2,3)34-24(30)22-16-21(17-28(22)25(31)35-27(4,5)6)33-23(29)18-12-14-20(15-13-18)32-19-10-8-7-9-11-19/h7-15,21-22H,16-17H2,1-6H3/t21-,22-/m0/s1. The molecule has 8 nitrogen and oxygen atoms in total. The molecule has 188 valence electrons. The highest BCUT2D eigenvalue weighted by atomic mass is 16.6. The zero-order valence-corrected chi connectivity index (χ0v) is 21.1. The lowest BCUT2D eigenvalue weighted by molar-refractivity contribution is -0.160. The zero-order chi connectivity index (χ0) is 25.8. The third kappa shape index (κ3) is 7.73. The second kappa shape index (κ2) is 10.4. The molecule has 2 atom stereocenters. The van der Waals surface area contributed by atoms with E-state index in [2.05, 4.69) is 0 Å². The van der Waals surface area contributed by atoms with Crippen molar-refractivity contribution in [2.45, 2.75) is 71.3 Å². The molecule has 0 bridgehead atoms. The van der Waals surface area contributed by atoms with Crippen molar-refractivity contribution in [3.63, 3.8) is 0 Å². The molecule has 0 aliphatic carbocycles. The quantitative estimate of drug-likeness (QED) is 0.418. The Labute approximate surface area is 206 Å². The summed E-state index contributed by atoms with van der Waals surface area (Å²) in [6.45, 7) is 10.5. The minimum atomic E-state index is -0.913. The number of rotatable bonds is 5. The SMILES string of the molecule is CC(C)(C)OC(=O)[C@@H]1C[C@H](OC(=O)c2ccc(Oc3ccccc3)cc2)CN1C(=O)OC(C)(C)C. The molecule has 1 saturated heterocycles. The highest BCUT2D eigenvalue weighted by Gasteiger charge is 2.45. The number of hydrogen-bond donors (Lipinski definition) is 0. The Balaban J connectivity index is 1.67. The summed E-state index contributed by atoms with van der Waals surface area (Å²) in [5.41, 5.74) is -1.14. The Morgan fingerprint density at radius 3 is 1.94 bits per heavy atom. The lowest BCUT2D eigenvalue weighted by Gasteiger charge is -2.29. The van der Waals surface area contributed by atoms with Crippen LogP contribution in [0.25, 0.3) is 0 Å². The maximum atomic E-state index is 12.8. The molecule has 0 aromatic heterocycles. The maximum Gasteiger partial charge on any atom is 0.411 e. The van der Waals surface area contributed by atoms with Crippen LogP contribution in [-0.4, -0.2) is 52.8 Å². The number of likely N-dealkylation sites (tertiary alicyclic amines) is 1. The van der Waals surface area contributed by atoms with Crippen LogP contribution >= 0.6 is 0 Å². The average molecular weight is 484 g/mol. The highest BCUT2D eigenvalue weighted by molar-refractivity contribution is 5.90. The van der Waals surface area contributed by atoms with Gasteiger partial charge in [0, 0.05) is 6.42 Å². The summed E-state index contributed by atoms with van der Waals surface area (Å²) in [6.07, 6.45) is -1.23. The van der Waals surface area contributed by atoms with Crippen molar-refractivity contribution in [3.8, 4) is 11.5 Å². The molecule has 1 aliphatic rings. The second-order valence-electron chi connectivity index (χ2n) is 10.4. The van der Waals surface area contributed by atoms with E-state index < -0.39 is 41.4 Å². The number of para-hydroxylation sites is 1. The molecular formula is C27H33NO7. The number of carbonyl (C=O) groups is 3. The molecule has 8 heteroatoms. The van der Waals surface area contributed by atoms with Gasteiger partial charge in [0.1, 0.15) is 34.8 Å². The van der Waals surface area contributed by atoms with Crippen molar-refractivity contribution in [1.29, 1.82) is 0 Å². The molecule has 0 unspecified atom stereocenters. The molecule has 1 fully saturated rings. The van der Waals surface area contributed by atoms with Gasteiger partial charge < -0.3 is 18.9 Å². The van der Waals surface area contributed by atoms with Crippen LogP contribution < -0.4 is 4.74 Å². The van der Waals surface area contributed by atoms with Crippen molar-refractivity contribution in [3.05, 3.63) is 60.2 Å². The predicted octanol–water partition coefficient (Wildman–Crippen LogP) is 5.36. The number of benzene rings is 2. The number of carbonyl (C=O) groups excluding carboxylic acids is 3. The molecule has 0 spiro atoms. The van der Waals surface area contributed by atoms with Gasteiger partial charge in [-0.15, -0.1) is 0 Å². The molecule has 0 radical (unpaired) electrons. The van der Waals surface area contributed by atoms with Crippen LogP contribution in [-0.2, 0) is 19.0 Å². The van der Waals surface area contributed by atoms with Gasteiger partial charge in [-0.3, -0.25) is 4.90 Å². The summed E-state index contributed by atoms with van der Waals surface area (Å²) >= 11 is 0. The summed E-state index contributed by atoms with van der Waals surface area (Å²) in [5.74, 6) is 0.137. The van der Waals surface area contributed by atoms with E-state index in [1.54, 1.807) is 65.8 Å². The minimum absolute atomic E-state index is 0.0275. The maximum absolute atomic E-state index is 12.8. The zero-order valence-electron chi connectivity index (χ0n) is 21.1. The summed E-state index contributed by atoms with van der Waals surface area (Å²) in [4.78, 5) is 39.6. The Hall–Kier alpha value is -3.55. The minimum Gasteiger partial charge on any atom is -0.458 e. The third-order valence-corrected chi connectivity index (χ3v) is 4.91. The number of ether oxygens (including phenoxy) is 4. The molecular weight excluding hydrogens is 450 g/mol. The van der Waals surface area contributed by atoms with Crippen molar-refractivity contribution < 1.29 is 33.3 Å². The van der Waals surface area contributed by atoms with E-state index in [1.165, 1.54) is 4.90 Å². The van der Waals surface area contributed by atoms with Crippen LogP contribution in [0.4, 0.5) is 4.79 Å². The Morgan fingerprint density at radius 2 is 1.37 bits per heavy atom. The lowest BCUT2D eigenvalue weighted by atomic mass is 10.1. The first kappa shape index (κ1) is 26.1. The van der Waals surface area contributed by atoms with Gasteiger partial charge in [0.2, 0.25) is 0 Å². The van der Waals surface area contributed by atoms with E-state index in [0.717, 1.165) is 0 Å². The second-order valence-corrected chi connectivity index (χ2v) is 10.4. The van der Waals surface area contributed by atoms with E-state index in [1.807, 2.05) is 30.3 Å². The van der Waals surface area contributed by atoms with Gasteiger partial charge in [-0.1, -0.05) is 18.2 Å². The van der Waals surface area contributed by atoms with E-state index >= 15 is 0 Å². The fourth-order valence-corrected chi connectivity index (χ4v) is 3.50. The largest absolute Gasteiger partial charge is 0.458 e. The molecule has 1 heterocycles. The van der Waals surface area contributed by atoms with Gasteiger partial charge in [0.25, 0.3) is 0 Å². The molecule has 1 aliphatic heterocycles. The van der Waals surface area contributed by atoms with Crippen molar-refractivity contribution >= 4 is 18.0 Å². The Bertz CT molecular complexity index is 1000. The van der Waals surface area contributed by atoms with E-state index in [9.17, 15) is 14.4 Å². The fraction of sp³-hybridized carbons (Fsp3) is 0.444. The average Bonchev–Trinajstić information content (AvgIpc) is 3.17. The van der Waals surface area contributed by atoms with Gasteiger partial charge >= 0.3 is 18.0 Å². The lowest BCUT2D eigenvalue weighted by Crippen LogP contribution is -2.45. The Kier molecular flexibility index (Phi) is 7.73. The van der Waals surface area contributed by atoms with E-state index in [4.69, 9.17) is 18.9 Å². The first-order valence-corrected chi connectivity index (χ1v) is 11.6. The molecule has 0 saturated carbocycles. The predicted molar refractivity (Wildman–Crippen MR) is 129 cm³/mol. The first-order chi connectivity index (χ1) is 16.3. The summed E-state index contributed by atoms with van der Waals surface area (Å²) < 4.78 is 22.3. The van der Waals surface area contributed by atoms with E-state index in [0.29, 0.717) is 17.1 Å². The number of hydrogen-bond acceptors (Lipinski definition) is 7. The Morgan fingerprint density at radius 1 is 0.800 bits per heavy atom. The molecule has 2 aromatic carbocycles. The van der Waals surface area contributed by atoms with Crippen LogP contribution in [0.1, 0.15) is 58.3 Å². The summed E-state index contributed by atoms with van der Waals surface area (Å²) in [6, 6.07) is 14.9. The summed E-state index contributed by atoms with van der Waals surface area (Å²) in [7, 11) is 0. The monoisotopic (exact) mass is 483 g/mol. The van der Waals surface area contributed by atoms with Crippen LogP contribution in [0.15, 0.2) is 54.6 Å². The van der Waals surface area contributed by atoms with Gasteiger partial charge in [-0.25, -0.2) is 14.4 Å². The highest BCUT2D eigenvalue weighted by Crippen LogP contribution is 2.27. The molecule has 0 N–H and O–H groups in total. The molecule has 2 aromatic rings. The van der Waals surface area contributed by atoms with Crippen LogP contribution in [0, 0.1) is 0 Å². The van der Waals surface area contributed by atoms with E-state index in [-0.39, 0.29) is 13.0 Å². The van der Waals surface area contributed by atoms with Gasteiger partial charge in [0.15, 0.2) is 0 Å². The number of amides is 1. The topological polar surface area (TPSA) is 91.4 Å². The normalized spacial score (nSPS) is 18.1. The van der Waals surface area contributed by atoms with Crippen LogP contribution in [0.5, 0.6) is 11.5 Å². The number of nitrogens with zero attached hydrogens (tertiary/aromatic N) is 1. The van der Waals surface area contributed by atoms with Gasteiger partial charge in [0.05, 0.1) is 12.1 Å². The molecule has 35 heavy (non-hydrogen) atoms.